The van der Waals surface area contributed by atoms with Gasteiger partial charge in [0.2, 0.25) is 6.79 Å². The van der Waals surface area contributed by atoms with E-state index in [-0.39, 0.29) is 12.4 Å². The molecule has 1 aromatic carbocycles. The van der Waals surface area contributed by atoms with Gasteiger partial charge in [-0.2, -0.15) is 0 Å². The van der Waals surface area contributed by atoms with E-state index >= 15 is 0 Å². The van der Waals surface area contributed by atoms with Crippen molar-refractivity contribution >= 4 is 33.2 Å². The topological polar surface area (TPSA) is 65.7 Å². The maximum absolute atomic E-state index is 11.4. The molecular formula is C11H5BrO5. The van der Waals surface area contributed by atoms with E-state index in [4.69, 9.17) is 13.9 Å². The van der Waals surface area contributed by atoms with Crippen LogP contribution in [0, 0.1) is 0 Å². The molecule has 0 spiro atoms. The quantitative estimate of drug-likeness (QED) is 0.595. The van der Waals surface area contributed by atoms with Gasteiger partial charge in [-0.15, -0.1) is 0 Å². The second kappa shape index (κ2) is 3.59. The van der Waals surface area contributed by atoms with Gasteiger partial charge in [0.25, 0.3) is 0 Å². The molecule has 0 bridgehead atoms. The summed E-state index contributed by atoms with van der Waals surface area (Å²) in [4.78, 5) is 22.1. The maximum atomic E-state index is 11.4. The summed E-state index contributed by atoms with van der Waals surface area (Å²) in [6, 6.07) is 3.12. The van der Waals surface area contributed by atoms with E-state index in [0.717, 1.165) is 0 Å². The second-order valence-corrected chi connectivity index (χ2v) is 4.24. The molecule has 0 N–H and O–H groups in total. The fraction of sp³-hybridized carbons (Fsp3) is 0.0909. The molecule has 3 rings (SSSR count). The van der Waals surface area contributed by atoms with Crippen LogP contribution in [0.5, 0.6) is 11.5 Å². The molecule has 0 unspecified atom stereocenters. The third kappa shape index (κ3) is 1.44. The summed E-state index contributed by atoms with van der Waals surface area (Å²) in [7, 11) is 0. The highest BCUT2D eigenvalue weighted by Gasteiger charge is 2.21. The van der Waals surface area contributed by atoms with Crippen LogP contribution in [-0.4, -0.2) is 13.1 Å². The molecule has 0 atom stereocenters. The highest BCUT2D eigenvalue weighted by Crippen LogP contribution is 2.43. The fourth-order valence-electron chi connectivity index (χ4n) is 1.68. The van der Waals surface area contributed by atoms with Gasteiger partial charge in [0.15, 0.2) is 23.4 Å². The molecule has 1 aliphatic heterocycles. The summed E-state index contributed by atoms with van der Waals surface area (Å²) in [5.74, 6) is 1.05. The van der Waals surface area contributed by atoms with Gasteiger partial charge in [0, 0.05) is 5.39 Å². The Morgan fingerprint density at radius 2 is 2.12 bits per heavy atom. The van der Waals surface area contributed by atoms with Crippen LogP contribution in [0.25, 0.3) is 11.0 Å². The molecule has 2 heterocycles. The van der Waals surface area contributed by atoms with Gasteiger partial charge < -0.3 is 13.9 Å². The molecule has 5 nitrogen and oxygen atoms in total. The lowest BCUT2D eigenvalue weighted by Gasteiger charge is -2.03. The Balaban J connectivity index is 2.43. The van der Waals surface area contributed by atoms with Gasteiger partial charge in [-0.3, -0.25) is 4.79 Å². The first-order chi connectivity index (χ1) is 8.20. The molecule has 0 amide bonds. The number of fused-ring (bicyclic) bond motifs is 2. The minimum absolute atomic E-state index is 0.0248. The van der Waals surface area contributed by atoms with Crippen molar-refractivity contribution in [3.05, 3.63) is 32.6 Å². The number of hydrogen-bond acceptors (Lipinski definition) is 5. The van der Waals surface area contributed by atoms with Crippen molar-refractivity contribution in [1.82, 2.24) is 0 Å². The minimum Gasteiger partial charge on any atom is -0.454 e. The molecule has 6 heteroatoms. The van der Waals surface area contributed by atoms with Crippen LogP contribution in [0.3, 0.4) is 0 Å². The van der Waals surface area contributed by atoms with Gasteiger partial charge >= 0.3 is 5.63 Å². The Labute approximate surface area is 103 Å². The van der Waals surface area contributed by atoms with Crippen LogP contribution in [0.1, 0.15) is 10.4 Å². The lowest BCUT2D eigenvalue weighted by atomic mass is 10.2. The van der Waals surface area contributed by atoms with Crippen LogP contribution < -0.4 is 15.1 Å². The SMILES string of the molecule is O=Cc1cc2cc3c(c(Br)c2oc1=O)OCO3. The molecule has 0 fully saturated rings. The molecule has 0 saturated heterocycles. The summed E-state index contributed by atoms with van der Waals surface area (Å²) in [6.45, 7) is 0.120. The minimum atomic E-state index is -0.674. The summed E-state index contributed by atoms with van der Waals surface area (Å²) in [5.41, 5.74) is -0.361. The zero-order chi connectivity index (χ0) is 12.0. The number of benzene rings is 1. The number of halogens is 1. The van der Waals surface area contributed by atoms with Crippen molar-refractivity contribution in [3.8, 4) is 11.5 Å². The number of rotatable bonds is 1. The van der Waals surface area contributed by atoms with Crippen LogP contribution in [-0.2, 0) is 0 Å². The van der Waals surface area contributed by atoms with Crippen molar-refractivity contribution in [2.45, 2.75) is 0 Å². The Morgan fingerprint density at radius 1 is 1.29 bits per heavy atom. The molecule has 1 aromatic heterocycles. The summed E-state index contributed by atoms with van der Waals surface area (Å²) < 4.78 is 16.0. The highest BCUT2D eigenvalue weighted by atomic mass is 79.9. The predicted octanol–water partition coefficient (Wildman–Crippen LogP) is 2.10. The van der Waals surface area contributed by atoms with Crippen LogP contribution in [0.15, 0.2) is 25.8 Å². The normalized spacial score (nSPS) is 13.0. The maximum Gasteiger partial charge on any atom is 0.346 e. The van der Waals surface area contributed by atoms with E-state index in [1.165, 1.54) is 6.07 Å². The van der Waals surface area contributed by atoms with Crippen molar-refractivity contribution in [2.75, 3.05) is 6.79 Å². The van der Waals surface area contributed by atoms with Crippen molar-refractivity contribution in [1.29, 1.82) is 0 Å². The molecule has 0 aliphatic carbocycles. The van der Waals surface area contributed by atoms with E-state index in [0.29, 0.717) is 33.2 Å². The Kier molecular flexibility index (Phi) is 2.19. The summed E-state index contributed by atoms with van der Waals surface area (Å²) >= 11 is 3.29. The van der Waals surface area contributed by atoms with Gasteiger partial charge in [-0.1, -0.05) is 0 Å². The van der Waals surface area contributed by atoms with E-state index in [9.17, 15) is 9.59 Å². The molecule has 1 aliphatic rings. The summed E-state index contributed by atoms with van der Waals surface area (Å²) in [5, 5.41) is 0.600. The van der Waals surface area contributed by atoms with Crippen LogP contribution in [0.2, 0.25) is 0 Å². The molecule has 0 radical (unpaired) electrons. The first-order valence-corrected chi connectivity index (χ1v) is 5.51. The second-order valence-electron chi connectivity index (χ2n) is 3.45. The van der Waals surface area contributed by atoms with Gasteiger partial charge in [0.1, 0.15) is 10.0 Å². The zero-order valence-corrected chi connectivity index (χ0v) is 9.94. The van der Waals surface area contributed by atoms with Gasteiger partial charge in [0.05, 0.1) is 0 Å². The highest BCUT2D eigenvalue weighted by molar-refractivity contribution is 9.10. The number of hydrogen-bond donors (Lipinski definition) is 0. The van der Waals surface area contributed by atoms with E-state index < -0.39 is 5.63 Å². The lowest BCUT2D eigenvalue weighted by Crippen LogP contribution is -2.05. The first-order valence-electron chi connectivity index (χ1n) is 4.72. The lowest BCUT2D eigenvalue weighted by molar-refractivity contribution is 0.112. The summed E-state index contributed by atoms with van der Waals surface area (Å²) in [6.07, 6.45) is 0.462. The van der Waals surface area contributed by atoms with Crippen molar-refractivity contribution < 1.29 is 18.7 Å². The van der Waals surface area contributed by atoms with Crippen molar-refractivity contribution in [2.24, 2.45) is 0 Å². The van der Waals surface area contributed by atoms with Crippen LogP contribution >= 0.6 is 15.9 Å². The number of ether oxygens (including phenoxy) is 2. The smallest absolute Gasteiger partial charge is 0.346 e. The molecule has 2 aromatic rings. The molecule has 86 valence electrons. The Hall–Kier alpha value is -1.82. The standard InChI is InChI=1S/C11H5BrO5/c12-8-9-5(1-6(3-13)11(14)17-9)2-7-10(8)16-4-15-7/h1-3H,4H2. The fourth-order valence-corrected chi connectivity index (χ4v) is 2.29. The van der Waals surface area contributed by atoms with Crippen LogP contribution in [0.4, 0.5) is 0 Å². The number of carbonyl (C=O) groups excluding carboxylic acids is 1. The average molecular weight is 297 g/mol. The molecule has 0 saturated carbocycles. The van der Waals surface area contributed by atoms with E-state index in [1.807, 2.05) is 0 Å². The van der Waals surface area contributed by atoms with Gasteiger partial charge in [-0.05, 0) is 28.1 Å². The third-order valence-electron chi connectivity index (χ3n) is 2.46. The first kappa shape index (κ1) is 10.3. The van der Waals surface area contributed by atoms with E-state index in [1.54, 1.807) is 6.07 Å². The average Bonchev–Trinajstić information content (AvgIpc) is 2.78. The number of aldehydes is 1. The Morgan fingerprint density at radius 3 is 2.88 bits per heavy atom. The zero-order valence-electron chi connectivity index (χ0n) is 8.36. The predicted molar refractivity (Wildman–Crippen MR) is 61.7 cm³/mol. The van der Waals surface area contributed by atoms with E-state index in [2.05, 4.69) is 15.9 Å². The van der Waals surface area contributed by atoms with Gasteiger partial charge in [-0.25, -0.2) is 4.79 Å². The monoisotopic (exact) mass is 296 g/mol. The Bertz CT molecular complexity index is 688. The number of carbonyl (C=O) groups is 1. The molecular weight excluding hydrogens is 292 g/mol. The third-order valence-corrected chi connectivity index (χ3v) is 3.18. The molecule has 17 heavy (non-hydrogen) atoms. The van der Waals surface area contributed by atoms with Crippen molar-refractivity contribution in [3.63, 3.8) is 0 Å². The largest absolute Gasteiger partial charge is 0.454 e.